The summed E-state index contributed by atoms with van der Waals surface area (Å²) in [5, 5.41) is 13.3. The fraction of sp³-hybridized carbons (Fsp3) is 0.517. The first kappa shape index (κ1) is 30.5. The number of halogens is 1. The normalized spacial score (nSPS) is 17.5. The van der Waals surface area contributed by atoms with E-state index in [0.717, 1.165) is 31.5 Å². The summed E-state index contributed by atoms with van der Waals surface area (Å²) in [6.45, 7) is 8.31. The highest BCUT2D eigenvalue weighted by Crippen LogP contribution is 2.44. The molecule has 0 unspecified atom stereocenters. The SMILES string of the molecule is CNC[C@@H](O)COc1cccc(-c2nc(C(C(C)=O)=C(C)N)c(C)c(N3CC4(CCN(C(=O)OC)CC4)C3)n2)c1Cl. The summed E-state index contributed by atoms with van der Waals surface area (Å²) in [5.41, 5.74) is 8.71. The molecule has 41 heavy (non-hydrogen) atoms. The molecule has 4 rings (SSSR count). The Labute approximate surface area is 245 Å². The summed E-state index contributed by atoms with van der Waals surface area (Å²) in [5.74, 6) is 1.25. The number of anilines is 1. The lowest BCUT2D eigenvalue weighted by atomic mass is 9.72. The van der Waals surface area contributed by atoms with Crippen LogP contribution in [-0.2, 0) is 9.53 Å². The number of aliphatic hydroxyl groups is 1. The van der Waals surface area contributed by atoms with E-state index in [0.29, 0.717) is 64.6 Å². The molecule has 0 saturated carbocycles. The number of ether oxygens (including phenoxy) is 2. The molecule has 1 amide bonds. The van der Waals surface area contributed by atoms with E-state index < -0.39 is 6.10 Å². The predicted octanol–water partition coefficient (Wildman–Crippen LogP) is 3.01. The lowest BCUT2D eigenvalue weighted by molar-refractivity contribution is -0.111. The minimum atomic E-state index is -0.706. The summed E-state index contributed by atoms with van der Waals surface area (Å²) in [6, 6.07) is 5.30. The van der Waals surface area contributed by atoms with Crippen molar-refractivity contribution in [2.24, 2.45) is 11.1 Å². The van der Waals surface area contributed by atoms with Gasteiger partial charge in [0.15, 0.2) is 11.6 Å². The number of hydrogen-bond acceptors (Lipinski definition) is 10. The Hall–Kier alpha value is -3.41. The Morgan fingerprint density at radius 2 is 1.90 bits per heavy atom. The van der Waals surface area contributed by atoms with E-state index in [-0.39, 0.29) is 23.9 Å². The van der Waals surface area contributed by atoms with Crippen molar-refractivity contribution in [1.29, 1.82) is 0 Å². The molecule has 0 aliphatic carbocycles. The molecule has 3 heterocycles. The number of likely N-dealkylation sites (N-methyl/N-ethyl adjacent to an activating group) is 1. The van der Waals surface area contributed by atoms with Gasteiger partial charge in [-0.15, -0.1) is 0 Å². The first-order valence-electron chi connectivity index (χ1n) is 13.7. The Bertz CT molecular complexity index is 1330. The number of rotatable bonds is 9. The maximum atomic E-state index is 12.7. The van der Waals surface area contributed by atoms with Gasteiger partial charge in [-0.1, -0.05) is 17.7 Å². The van der Waals surface area contributed by atoms with Gasteiger partial charge >= 0.3 is 6.09 Å². The molecule has 4 N–H and O–H groups in total. The second-order valence-corrected chi connectivity index (χ2v) is 11.3. The van der Waals surface area contributed by atoms with Gasteiger partial charge in [0.05, 0.1) is 23.4 Å². The van der Waals surface area contributed by atoms with E-state index in [4.69, 9.17) is 36.8 Å². The molecule has 222 valence electrons. The Kier molecular flexibility index (Phi) is 9.41. The van der Waals surface area contributed by atoms with E-state index in [1.807, 2.05) is 6.92 Å². The molecule has 2 saturated heterocycles. The molecule has 0 bridgehead atoms. The number of benzene rings is 1. The third kappa shape index (κ3) is 6.42. The highest BCUT2D eigenvalue weighted by Gasteiger charge is 2.47. The number of nitrogens with two attached hydrogens (primary N) is 1. The van der Waals surface area contributed by atoms with Gasteiger partial charge in [-0.2, -0.15) is 0 Å². The number of ketones is 1. The maximum absolute atomic E-state index is 12.7. The van der Waals surface area contributed by atoms with Crippen LogP contribution in [0.25, 0.3) is 17.0 Å². The van der Waals surface area contributed by atoms with E-state index >= 15 is 0 Å². The minimum Gasteiger partial charge on any atom is -0.489 e. The van der Waals surface area contributed by atoms with Crippen molar-refractivity contribution in [1.82, 2.24) is 20.2 Å². The molecule has 2 aliphatic rings. The minimum absolute atomic E-state index is 0.0577. The van der Waals surface area contributed by atoms with Crippen LogP contribution in [0.1, 0.15) is 37.9 Å². The van der Waals surface area contributed by atoms with Gasteiger partial charge in [-0.3, -0.25) is 4.79 Å². The molecular weight excluding hydrogens is 548 g/mol. The largest absolute Gasteiger partial charge is 0.489 e. The zero-order valence-electron chi connectivity index (χ0n) is 24.3. The smallest absolute Gasteiger partial charge is 0.409 e. The molecule has 2 aromatic rings. The number of carbonyl (C=O) groups is 2. The first-order valence-corrected chi connectivity index (χ1v) is 14.1. The van der Waals surface area contributed by atoms with Gasteiger partial charge < -0.3 is 35.4 Å². The molecule has 12 heteroatoms. The number of hydrogen-bond donors (Lipinski definition) is 3. The van der Waals surface area contributed by atoms with Crippen molar-refractivity contribution in [3.8, 4) is 17.1 Å². The lowest BCUT2D eigenvalue weighted by Gasteiger charge is -2.54. The van der Waals surface area contributed by atoms with Gasteiger partial charge in [0.1, 0.15) is 24.3 Å². The first-order chi connectivity index (χ1) is 19.5. The number of carbonyl (C=O) groups excluding carboxylic acids is 2. The fourth-order valence-corrected chi connectivity index (χ4v) is 5.87. The van der Waals surface area contributed by atoms with Gasteiger partial charge in [-0.05, 0) is 52.8 Å². The second kappa shape index (κ2) is 12.6. The number of methoxy groups -OCH3 is 1. The Morgan fingerprint density at radius 3 is 2.49 bits per heavy atom. The van der Waals surface area contributed by atoms with Gasteiger partial charge in [0, 0.05) is 55.0 Å². The third-order valence-electron chi connectivity index (χ3n) is 7.79. The van der Waals surface area contributed by atoms with Crippen molar-refractivity contribution in [2.45, 2.75) is 39.7 Å². The summed E-state index contributed by atoms with van der Waals surface area (Å²) < 4.78 is 10.7. The number of Topliss-reactive ketones (excluding diaryl/α,β-unsaturated/α-hetero) is 1. The van der Waals surface area contributed by atoms with Crippen LogP contribution in [0.2, 0.25) is 5.02 Å². The number of nitrogens with one attached hydrogen (secondary N) is 1. The van der Waals surface area contributed by atoms with Crippen LogP contribution in [-0.4, -0.2) is 91.4 Å². The van der Waals surface area contributed by atoms with E-state index in [2.05, 4.69) is 10.2 Å². The van der Waals surface area contributed by atoms with Crippen LogP contribution in [0.4, 0.5) is 10.6 Å². The molecule has 1 aromatic heterocycles. The number of allylic oxidation sites excluding steroid dienone is 2. The van der Waals surface area contributed by atoms with Gasteiger partial charge in [0.2, 0.25) is 0 Å². The molecule has 1 aromatic carbocycles. The van der Waals surface area contributed by atoms with Crippen molar-refractivity contribution in [3.05, 3.63) is 40.2 Å². The van der Waals surface area contributed by atoms with Crippen LogP contribution in [0.15, 0.2) is 23.9 Å². The molecule has 2 fully saturated rings. The Balaban J connectivity index is 1.69. The quantitative estimate of drug-likeness (QED) is 0.375. The average molecular weight is 587 g/mol. The van der Waals surface area contributed by atoms with E-state index in [1.54, 1.807) is 37.1 Å². The fourth-order valence-electron chi connectivity index (χ4n) is 5.61. The highest BCUT2D eigenvalue weighted by molar-refractivity contribution is 6.34. The second-order valence-electron chi connectivity index (χ2n) is 10.9. The average Bonchev–Trinajstić information content (AvgIpc) is 2.92. The van der Waals surface area contributed by atoms with Crippen molar-refractivity contribution in [3.63, 3.8) is 0 Å². The zero-order chi connectivity index (χ0) is 29.9. The molecule has 1 spiro atoms. The molecular formula is C29H39ClN6O5. The standard InChI is InChI=1S/C29H39ClN6O5/c1-17-25(23(18(2)31)19(3)37)33-26(21-7-6-8-22(24(21)30)41-14-20(38)13-32-4)34-27(17)36-15-29(16-36)9-11-35(12-10-29)28(39)40-5/h6-8,20,32,38H,9-16,31H2,1-5H3/t20-/m1/s1. The van der Waals surface area contributed by atoms with E-state index in [9.17, 15) is 14.7 Å². The van der Waals surface area contributed by atoms with Crippen LogP contribution in [0.3, 0.4) is 0 Å². The number of aromatic nitrogens is 2. The van der Waals surface area contributed by atoms with Crippen molar-refractivity contribution in [2.75, 3.05) is 58.4 Å². The predicted molar refractivity (Wildman–Crippen MR) is 158 cm³/mol. The molecule has 11 nitrogen and oxygen atoms in total. The number of amides is 1. The molecule has 1 atom stereocenters. The zero-order valence-corrected chi connectivity index (χ0v) is 25.0. The Morgan fingerprint density at radius 1 is 1.22 bits per heavy atom. The van der Waals surface area contributed by atoms with Crippen molar-refractivity contribution >= 4 is 34.9 Å². The molecule has 0 radical (unpaired) electrons. The topological polar surface area (TPSA) is 143 Å². The summed E-state index contributed by atoms with van der Waals surface area (Å²) in [4.78, 5) is 38.3. The van der Waals surface area contributed by atoms with E-state index in [1.165, 1.54) is 14.0 Å². The van der Waals surface area contributed by atoms with Crippen LogP contribution >= 0.6 is 11.6 Å². The van der Waals surface area contributed by atoms with Gasteiger partial charge in [-0.25, -0.2) is 14.8 Å². The summed E-state index contributed by atoms with van der Waals surface area (Å²) >= 11 is 6.79. The van der Waals surface area contributed by atoms with Gasteiger partial charge in [0.25, 0.3) is 0 Å². The third-order valence-corrected chi connectivity index (χ3v) is 8.18. The maximum Gasteiger partial charge on any atom is 0.409 e. The van der Waals surface area contributed by atoms with Crippen LogP contribution in [0, 0.1) is 12.3 Å². The number of nitrogens with zero attached hydrogens (tertiary/aromatic N) is 4. The summed E-state index contributed by atoms with van der Waals surface area (Å²) in [6.07, 6.45) is 0.737. The van der Waals surface area contributed by atoms with Crippen molar-refractivity contribution < 1.29 is 24.2 Å². The number of piperidine rings is 1. The number of likely N-dealkylation sites (tertiary alicyclic amines) is 1. The lowest BCUT2D eigenvalue weighted by Crippen LogP contribution is -2.61. The van der Waals surface area contributed by atoms with Crippen LogP contribution < -0.4 is 20.7 Å². The molecule has 2 aliphatic heterocycles. The monoisotopic (exact) mass is 586 g/mol. The number of aliphatic hydroxyl groups excluding tert-OH is 1. The highest BCUT2D eigenvalue weighted by atomic mass is 35.5. The summed E-state index contributed by atoms with van der Waals surface area (Å²) in [7, 11) is 3.15. The van der Waals surface area contributed by atoms with Crippen LogP contribution in [0.5, 0.6) is 5.75 Å².